The summed E-state index contributed by atoms with van der Waals surface area (Å²) in [5, 5.41) is 7.12. The molecule has 1 aromatic heterocycles. The minimum Gasteiger partial charge on any atom is -0.319 e. The summed E-state index contributed by atoms with van der Waals surface area (Å²) in [4.78, 5) is 12.2. The molecule has 2 aromatic carbocycles. The van der Waals surface area contributed by atoms with Crippen LogP contribution in [0.15, 0.2) is 71.5 Å². The lowest BCUT2D eigenvalue weighted by atomic mass is 10.2. The summed E-state index contributed by atoms with van der Waals surface area (Å²) in [6.07, 6.45) is 3.47. The molecule has 3 rings (SSSR count). The Morgan fingerprint density at radius 2 is 1.95 bits per heavy atom. The molecule has 0 radical (unpaired) electrons. The second-order valence-corrected chi connectivity index (χ2v) is 5.79. The molecule has 1 amide bonds. The zero-order valence-electron chi connectivity index (χ0n) is 11.7. The van der Waals surface area contributed by atoms with Gasteiger partial charge in [0, 0.05) is 16.2 Å². The monoisotopic (exact) mass is 355 g/mol. The second-order valence-electron chi connectivity index (χ2n) is 4.88. The summed E-state index contributed by atoms with van der Waals surface area (Å²) in [6.45, 7) is 0.674. The molecule has 3 aromatic rings. The minimum absolute atomic E-state index is 0.152. The van der Waals surface area contributed by atoms with Gasteiger partial charge < -0.3 is 5.32 Å². The van der Waals surface area contributed by atoms with Crippen LogP contribution in [0.4, 0.5) is 5.69 Å². The van der Waals surface area contributed by atoms with Gasteiger partial charge in [0.05, 0.1) is 18.4 Å². The molecule has 0 saturated heterocycles. The third-order valence-electron chi connectivity index (χ3n) is 3.17. The van der Waals surface area contributed by atoms with Gasteiger partial charge in [0.15, 0.2) is 0 Å². The van der Waals surface area contributed by atoms with Gasteiger partial charge in [-0.1, -0.05) is 52.3 Å². The first-order valence-electron chi connectivity index (χ1n) is 6.84. The van der Waals surface area contributed by atoms with Gasteiger partial charge in [-0.05, 0) is 23.8 Å². The van der Waals surface area contributed by atoms with E-state index in [1.54, 1.807) is 23.0 Å². The zero-order valence-corrected chi connectivity index (χ0v) is 13.3. The molecule has 0 saturated carbocycles. The molecule has 0 bridgehead atoms. The minimum atomic E-state index is -0.152. The van der Waals surface area contributed by atoms with Gasteiger partial charge in [0.25, 0.3) is 5.91 Å². The van der Waals surface area contributed by atoms with Gasteiger partial charge >= 0.3 is 0 Å². The maximum atomic E-state index is 12.2. The average molecular weight is 356 g/mol. The van der Waals surface area contributed by atoms with Crippen LogP contribution < -0.4 is 5.32 Å². The van der Waals surface area contributed by atoms with Crippen molar-refractivity contribution in [2.45, 2.75) is 6.54 Å². The first-order valence-corrected chi connectivity index (χ1v) is 7.63. The van der Waals surface area contributed by atoms with Crippen LogP contribution in [0.5, 0.6) is 0 Å². The molecule has 22 heavy (non-hydrogen) atoms. The van der Waals surface area contributed by atoms with Gasteiger partial charge in [-0.25, -0.2) is 0 Å². The highest BCUT2D eigenvalue weighted by molar-refractivity contribution is 9.10. The van der Waals surface area contributed by atoms with Crippen LogP contribution in [0, 0.1) is 0 Å². The number of amides is 1. The van der Waals surface area contributed by atoms with Crippen LogP contribution >= 0.6 is 15.9 Å². The number of anilines is 1. The molecule has 1 heterocycles. The van der Waals surface area contributed by atoms with Crippen LogP contribution in [0.25, 0.3) is 0 Å². The van der Waals surface area contributed by atoms with Gasteiger partial charge in [-0.15, -0.1) is 0 Å². The molecule has 0 fully saturated rings. The maximum Gasteiger partial charge on any atom is 0.255 e. The molecule has 0 aliphatic carbocycles. The average Bonchev–Trinajstić information content (AvgIpc) is 2.95. The maximum absolute atomic E-state index is 12.2. The summed E-state index contributed by atoms with van der Waals surface area (Å²) in [6, 6.07) is 17.3. The predicted molar refractivity (Wildman–Crippen MR) is 89.9 cm³/mol. The highest BCUT2D eigenvalue weighted by Crippen LogP contribution is 2.14. The molecule has 1 N–H and O–H groups in total. The number of nitrogens with zero attached hydrogens (tertiary/aromatic N) is 2. The van der Waals surface area contributed by atoms with Crippen molar-refractivity contribution in [2.24, 2.45) is 0 Å². The van der Waals surface area contributed by atoms with E-state index in [1.807, 2.05) is 48.7 Å². The standard InChI is InChI=1S/C17H14BrN3O/c18-15-8-4-7-14(9-15)17(22)20-16-10-19-21(12-16)11-13-5-2-1-3-6-13/h1-10,12H,11H2,(H,20,22). The van der Waals surface area contributed by atoms with Gasteiger partial charge in [0.2, 0.25) is 0 Å². The number of aromatic nitrogens is 2. The Morgan fingerprint density at radius 1 is 1.14 bits per heavy atom. The van der Waals surface area contributed by atoms with E-state index in [1.165, 1.54) is 0 Å². The van der Waals surface area contributed by atoms with Crippen LogP contribution in [-0.2, 0) is 6.54 Å². The van der Waals surface area contributed by atoms with Crippen LogP contribution in [0.2, 0.25) is 0 Å². The number of benzene rings is 2. The van der Waals surface area contributed by atoms with Crippen molar-refractivity contribution in [1.29, 1.82) is 0 Å². The molecule has 5 heteroatoms. The Morgan fingerprint density at radius 3 is 2.73 bits per heavy atom. The van der Waals surface area contributed by atoms with E-state index in [0.29, 0.717) is 17.8 Å². The molecular formula is C17H14BrN3O. The fraction of sp³-hybridized carbons (Fsp3) is 0.0588. The topological polar surface area (TPSA) is 46.9 Å². The second kappa shape index (κ2) is 6.58. The third kappa shape index (κ3) is 3.62. The molecule has 0 aliphatic rings. The number of rotatable bonds is 4. The predicted octanol–water partition coefficient (Wildman–Crippen LogP) is 3.95. The highest BCUT2D eigenvalue weighted by atomic mass is 79.9. The number of halogens is 1. The van der Waals surface area contributed by atoms with E-state index >= 15 is 0 Å². The van der Waals surface area contributed by atoms with Crippen LogP contribution in [-0.4, -0.2) is 15.7 Å². The molecular weight excluding hydrogens is 342 g/mol. The lowest BCUT2D eigenvalue weighted by Crippen LogP contribution is -2.11. The van der Waals surface area contributed by atoms with Gasteiger partial charge in [-0.2, -0.15) is 5.10 Å². The van der Waals surface area contributed by atoms with E-state index < -0.39 is 0 Å². The fourth-order valence-electron chi connectivity index (χ4n) is 2.12. The van der Waals surface area contributed by atoms with Crippen LogP contribution in [0.3, 0.4) is 0 Å². The Balaban J connectivity index is 1.68. The number of carbonyl (C=O) groups is 1. The first kappa shape index (κ1) is 14.5. The Labute approximate surface area is 136 Å². The highest BCUT2D eigenvalue weighted by Gasteiger charge is 2.08. The summed E-state index contributed by atoms with van der Waals surface area (Å²) in [5.41, 5.74) is 2.45. The summed E-state index contributed by atoms with van der Waals surface area (Å²) in [7, 11) is 0. The first-order chi connectivity index (χ1) is 10.7. The summed E-state index contributed by atoms with van der Waals surface area (Å²) in [5.74, 6) is -0.152. The third-order valence-corrected chi connectivity index (χ3v) is 3.66. The molecule has 0 atom stereocenters. The zero-order chi connectivity index (χ0) is 15.4. The SMILES string of the molecule is O=C(Nc1cnn(Cc2ccccc2)c1)c1cccc(Br)c1. The van der Waals surface area contributed by atoms with Crippen molar-refractivity contribution < 1.29 is 4.79 Å². The van der Waals surface area contributed by atoms with E-state index in [2.05, 4.69) is 26.3 Å². The Bertz CT molecular complexity index is 783. The van der Waals surface area contributed by atoms with Gasteiger partial charge in [-0.3, -0.25) is 9.48 Å². The normalized spacial score (nSPS) is 10.4. The molecule has 110 valence electrons. The van der Waals surface area contributed by atoms with E-state index in [0.717, 1.165) is 10.0 Å². The largest absolute Gasteiger partial charge is 0.319 e. The number of nitrogens with one attached hydrogen (secondary N) is 1. The van der Waals surface area contributed by atoms with Crippen molar-refractivity contribution in [2.75, 3.05) is 5.32 Å². The lowest BCUT2D eigenvalue weighted by Gasteiger charge is -2.03. The molecule has 4 nitrogen and oxygen atoms in total. The fourth-order valence-corrected chi connectivity index (χ4v) is 2.52. The van der Waals surface area contributed by atoms with Crippen molar-refractivity contribution in [3.63, 3.8) is 0 Å². The van der Waals surface area contributed by atoms with E-state index in [-0.39, 0.29) is 5.91 Å². The summed E-state index contributed by atoms with van der Waals surface area (Å²) < 4.78 is 2.67. The molecule has 0 spiro atoms. The number of hydrogen-bond donors (Lipinski definition) is 1. The van der Waals surface area contributed by atoms with Gasteiger partial charge in [0.1, 0.15) is 0 Å². The lowest BCUT2D eigenvalue weighted by molar-refractivity contribution is 0.102. The van der Waals surface area contributed by atoms with Crippen LogP contribution in [0.1, 0.15) is 15.9 Å². The quantitative estimate of drug-likeness (QED) is 0.770. The van der Waals surface area contributed by atoms with Crippen molar-refractivity contribution >= 4 is 27.5 Å². The van der Waals surface area contributed by atoms with E-state index in [4.69, 9.17) is 0 Å². The van der Waals surface area contributed by atoms with Crippen molar-refractivity contribution in [3.8, 4) is 0 Å². The van der Waals surface area contributed by atoms with Crippen molar-refractivity contribution in [1.82, 2.24) is 9.78 Å². The number of hydrogen-bond acceptors (Lipinski definition) is 2. The Kier molecular flexibility index (Phi) is 4.34. The molecule has 0 aliphatic heterocycles. The van der Waals surface area contributed by atoms with Crippen molar-refractivity contribution in [3.05, 3.63) is 82.6 Å². The summed E-state index contributed by atoms with van der Waals surface area (Å²) >= 11 is 3.36. The number of carbonyl (C=O) groups excluding carboxylic acids is 1. The molecule has 0 unspecified atom stereocenters. The smallest absolute Gasteiger partial charge is 0.255 e. The Hall–Kier alpha value is -2.40. The van der Waals surface area contributed by atoms with E-state index in [9.17, 15) is 4.79 Å².